The molecule has 0 bridgehead atoms. The Morgan fingerprint density at radius 1 is 1.04 bits per heavy atom. The minimum Gasteiger partial charge on any atom is -0.391 e. The SMILES string of the molecule is Cc1ncsc1-c1ccc(CNC(=O)[C@@H]2C[C@@H](O)CN2C(=O)[C@@H](NC(=O)CCCCCc2ccnc([C@@H](N)CCC(N)=O)c2)C(C)(C)C)cc1. The number of aryl methyl sites for hydroxylation is 2. The molecule has 4 atom stereocenters. The van der Waals surface area contributed by atoms with Gasteiger partial charge in [-0.3, -0.25) is 24.2 Å². The summed E-state index contributed by atoms with van der Waals surface area (Å²) in [5.41, 5.74) is 17.3. The molecule has 2 aromatic heterocycles. The molecule has 4 amide bonds. The third-order valence-electron chi connectivity index (χ3n) is 9.01. The number of pyridine rings is 1. The van der Waals surface area contributed by atoms with Crippen molar-refractivity contribution in [3.05, 3.63) is 70.6 Å². The van der Waals surface area contributed by atoms with Gasteiger partial charge in [0.15, 0.2) is 0 Å². The number of aromatic nitrogens is 2. The number of aliphatic hydroxyl groups excluding tert-OH is 1. The van der Waals surface area contributed by atoms with Crippen LogP contribution in [0.4, 0.5) is 0 Å². The molecule has 0 unspecified atom stereocenters. The smallest absolute Gasteiger partial charge is 0.246 e. The van der Waals surface area contributed by atoms with Gasteiger partial charge in [0, 0.05) is 44.6 Å². The van der Waals surface area contributed by atoms with Crippen LogP contribution in [0, 0.1) is 12.3 Å². The van der Waals surface area contributed by atoms with E-state index in [1.54, 1.807) is 17.5 Å². The Labute approximate surface area is 298 Å². The second-order valence-electron chi connectivity index (χ2n) is 14.2. The Kier molecular flexibility index (Phi) is 13.6. The lowest BCUT2D eigenvalue weighted by Crippen LogP contribution is -2.57. The lowest BCUT2D eigenvalue weighted by molar-refractivity contribution is -0.144. The van der Waals surface area contributed by atoms with Crippen LogP contribution >= 0.6 is 11.3 Å². The van der Waals surface area contributed by atoms with Gasteiger partial charge in [0.05, 0.1) is 27.9 Å². The fourth-order valence-electron chi connectivity index (χ4n) is 6.10. The number of nitrogens with two attached hydrogens (primary N) is 2. The molecule has 3 heterocycles. The number of nitrogens with one attached hydrogen (secondary N) is 2. The topological polar surface area (TPSA) is 194 Å². The van der Waals surface area contributed by atoms with Gasteiger partial charge in [-0.2, -0.15) is 0 Å². The Balaban J connectivity index is 1.26. The van der Waals surface area contributed by atoms with Crippen molar-refractivity contribution in [2.75, 3.05) is 6.54 Å². The highest BCUT2D eigenvalue weighted by Crippen LogP contribution is 2.28. The Hall–Kier alpha value is -4.20. The second-order valence-corrected chi connectivity index (χ2v) is 15.1. The summed E-state index contributed by atoms with van der Waals surface area (Å²) in [6, 6.07) is 9.71. The number of thiazole rings is 1. The number of carbonyl (C=O) groups excluding carboxylic acids is 4. The van der Waals surface area contributed by atoms with Gasteiger partial charge in [-0.15, -0.1) is 11.3 Å². The maximum absolute atomic E-state index is 13.9. The van der Waals surface area contributed by atoms with E-state index in [-0.39, 0.29) is 56.1 Å². The lowest BCUT2D eigenvalue weighted by atomic mass is 9.85. The predicted octanol–water partition coefficient (Wildman–Crippen LogP) is 3.69. The molecule has 13 heteroatoms. The molecule has 0 aliphatic carbocycles. The van der Waals surface area contributed by atoms with Crippen molar-refractivity contribution in [2.45, 2.75) is 110 Å². The highest BCUT2D eigenvalue weighted by Gasteiger charge is 2.44. The van der Waals surface area contributed by atoms with Crippen molar-refractivity contribution in [1.82, 2.24) is 25.5 Å². The van der Waals surface area contributed by atoms with Crippen LogP contribution in [0.1, 0.15) is 94.3 Å². The highest BCUT2D eigenvalue weighted by molar-refractivity contribution is 7.13. The van der Waals surface area contributed by atoms with E-state index in [1.807, 2.05) is 69.6 Å². The van der Waals surface area contributed by atoms with Crippen LogP contribution in [0.25, 0.3) is 10.4 Å². The number of hydrogen-bond donors (Lipinski definition) is 5. The number of carbonyl (C=O) groups is 4. The monoisotopic (exact) mass is 705 g/mol. The summed E-state index contributed by atoms with van der Waals surface area (Å²) >= 11 is 1.58. The van der Waals surface area contributed by atoms with E-state index in [0.29, 0.717) is 12.8 Å². The normalized spacial score (nSPS) is 17.3. The van der Waals surface area contributed by atoms with Crippen LogP contribution in [-0.2, 0) is 32.1 Å². The number of amides is 4. The van der Waals surface area contributed by atoms with Crippen LogP contribution in [-0.4, -0.2) is 68.3 Å². The summed E-state index contributed by atoms with van der Waals surface area (Å²) in [5, 5.41) is 16.4. The van der Waals surface area contributed by atoms with Crippen LogP contribution in [0.5, 0.6) is 0 Å². The molecule has 1 fully saturated rings. The standard InChI is InChI=1S/C37H51N7O5S/c1-23-33(50-22-42-23)26-12-10-25(11-13-26)20-41-35(48)30-19-27(45)21-44(30)36(49)34(37(2,3)4)43-32(47)9-7-5-6-8-24-16-17-40-29(18-24)28(38)14-15-31(39)46/h10-13,16-18,22,27-28,30,34,45H,5-9,14-15,19-21,38H2,1-4H3,(H2,39,46)(H,41,48)(H,43,47)/t27-,28+,30+,34-/m1/s1. The van der Waals surface area contributed by atoms with E-state index in [2.05, 4.69) is 20.6 Å². The van der Waals surface area contributed by atoms with Crippen molar-refractivity contribution in [3.63, 3.8) is 0 Å². The highest BCUT2D eigenvalue weighted by atomic mass is 32.1. The van der Waals surface area contributed by atoms with Crippen LogP contribution in [0.3, 0.4) is 0 Å². The lowest BCUT2D eigenvalue weighted by Gasteiger charge is -2.35. The number of rotatable bonds is 16. The van der Waals surface area contributed by atoms with E-state index in [4.69, 9.17) is 11.5 Å². The average Bonchev–Trinajstić information content (AvgIpc) is 3.69. The molecule has 270 valence electrons. The average molecular weight is 706 g/mol. The van der Waals surface area contributed by atoms with Crippen LogP contribution < -0.4 is 22.1 Å². The van der Waals surface area contributed by atoms with Gasteiger partial charge in [-0.05, 0) is 66.8 Å². The van der Waals surface area contributed by atoms with Crippen molar-refractivity contribution in [1.29, 1.82) is 0 Å². The molecule has 3 aromatic rings. The van der Waals surface area contributed by atoms with Gasteiger partial charge in [0.25, 0.3) is 0 Å². The molecule has 4 rings (SSSR count). The molecule has 12 nitrogen and oxygen atoms in total. The number of hydrogen-bond acceptors (Lipinski definition) is 9. The fourth-order valence-corrected chi connectivity index (χ4v) is 6.91. The van der Waals surface area contributed by atoms with Crippen molar-refractivity contribution >= 4 is 35.0 Å². The zero-order chi connectivity index (χ0) is 36.4. The largest absolute Gasteiger partial charge is 0.391 e. The maximum atomic E-state index is 13.9. The summed E-state index contributed by atoms with van der Waals surface area (Å²) in [4.78, 5) is 62.5. The first kappa shape index (κ1) is 38.6. The fraction of sp³-hybridized carbons (Fsp3) is 0.514. The summed E-state index contributed by atoms with van der Waals surface area (Å²) in [6.45, 7) is 7.89. The van der Waals surface area contributed by atoms with Crippen LogP contribution in [0.2, 0.25) is 0 Å². The summed E-state index contributed by atoms with van der Waals surface area (Å²) < 4.78 is 0. The molecule has 7 N–H and O–H groups in total. The van der Waals surface area contributed by atoms with E-state index >= 15 is 0 Å². The molecule has 0 spiro atoms. The molecule has 1 aromatic carbocycles. The van der Waals surface area contributed by atoms with E-state index in [1.165, 1.54) is 4.90 Å². The molecule has 0 saturated carbocycles. The zero-order valence-corrected chi connectivity index (χ0v) is 30.3. The molecule has 1 saturated heterocycles. The Bertz CT molecular complexity index is 1620. The van der Waals surface area contributed by atoms with Gasteiger partial charge in [-0.25, -0.2) is 4.98 Å². The van der Waals surface area contributed by atoms with Gasteiger partial charge < -0.3 is 32.1 Å². The first-order valence-electron chi connectivity index (χ1n) is 17.3. The van der Waals surface area contributed by atoms with Crippen LogP contribution in [0.15, 0.2) is 48.1 Å². The third kappa shape index (κ3) is 10.9. The number of unbranched alkanes of at least 4 members (excludes halogenated alkanes) is 2. The molecular formula is C37H51N7O5S. The minimum atomic E-state index is -0.868. The summed E-state index contributed by atoms with van der Waals surface area (Å²) in [5.74, 6) is -1.35. The van der Waals surface area contributed by atoms with Crippen molar-refractivity contribution < 1.29 is 24.3 Å². The summed E-state index contributed by atoms with van der Waals surface area (Å²) in [7, 11) is 0. The van der Waals surface area contributed by atoms with Gasteiger partial charge >= 0.3 is 0 Å². The van der Waals surface area contributed by atoms with Crippen molar-refractivity contribution in [2.24, 2.45) is 16.9 Å². The molecule has 50 heavy (non-hydrogen) atoms. The first-order valence-corrected chi connectivity index (χ1v) is 18.1. The quantitative estimate of drug-likeness (QED) is 0.139. The number of nitrogens with zero attached hydrogens (tertiary/aromatic N) is 3. The van der Waals surface area contributed by atoms with E-state index in [0.717, 1.165) is 52.2 Å². The minimum absolute atomic E-state index is 0.0229. The molecule has 1 aliphatic heterocycles. The number of aliphatic hydroxyl groups is 1. The van der Waals surface area contributed by atoms with E-state index < -0.39 is 29.5 Å². The van der Waals surface area contributed by atoms with E-state index in [9.17, 15) is 24.3 Å². The van der Waals surface area contributed by atoms with Gasteiger partial charge in [0.2, 0.25) is 23.6 Å². The Morgan fingerprint density at radius 3 is 2.44 bits per heavy atom. The maximum Gasteiger partial charge on any atom is 0.246 e. The number of likely N-dealkylation sites (tertiary alicyclic amines) is 1. The third-order valence-corrected chi connectivity index (χ3v) is 9.99. The molecular weight excluding hydrogens is 655 g/mol. The van der Waals surface area contributed by atoms with Crippen molar-refractivity contribution in [3.8, 4) is 10.4 Å². The molecule has 0 radical (unpaired) electrons. The number of benzene rings is 1. The Morgan fingerprint density at radius 2 is 1.78 bits per heavy atom. The number of β-amino-alcohol motifs (C(OH)–C–C–N with tert-alkyl or cyclic N) is 1. The second kappa shape index (κ2) is 17.6. The first-order chi connectivity index (χ1) is 23.7. The molecule has 1 aliphatic rings. The van der Waals surface area contributed by atoms with Gasteiger partial charge in [0.1, 0.15) is 12.1 Å². The van der Waals surface area contributed by atoms with Gasteiger partial charge in [-0.1, -0.05) is 51.5 Å². The summed E-state index contributed by atoms with van der Waals surface area (Å²) in [6.07, 6.45) is 5.00. The zero-order valence-electron chi connectivity index (χ0n) is 29.5. The predicted molar refractivity (Wildman–Crippen MR) is 193 cm³/mol. The number of primary amides is 1.